The smallest absolute Gasteiger partial charge is 0.416 e. The highest BCUT2D eigenvalue weighted by atomic mass is 19.4. The fourth-order valence-electron chi connectivity index (χ4n) is 2.63. The van der Waals surface area contributed by atoms with Crippen LogP contribution in [-0.2, 0) is 15.7 Å². The molecule has 1 fully saturated rings. The number of carbonyl (C=O) groups is 1. The molecule has 1 aliphatic rings. The molecule has 110 valence electrons. The molecule has 2 atom stereocenters. The monoisotopic (exact) mass is 287 g/mol. The van der Waals surface area contributed by atoms with Gasteiger partial charge in [0.25, 0.3) is 0 Å². The minimum Gasteiger partial charge on any atom is -0.468 e. The number of halogens is 3. The SMILES string of the molecule is COC(=O)[C@@H]1C[C@H](c2ccccc2C(F)(F)F)CCN1. The molecule has 1 aromatic carbocycles. The second-order valence-electron chi connectivity index (χ2n) is 4.84. The van der Waals surface area contributed by atoms with Crippen molar-refractivity contribution in [2.75, 3.05) is 13.7 Å². The number of carbonyl (C=O) groups excluding carboxylic acids is 1. The highest BCUT2D eigenvalue weighted by Crippen LogP contribution is 2.38. The zero-order valence-corrected chi connectivity index (χ0v) is 11.0. The van der Waals surface area contributed by atoms with E-state index in [-0.39, 0.29) is 11.5 Å². The summed E-state index contributed by atoms with van der Waals surface area (Å²) in [6.45, 7) is 0.497. The van der Waals surface area contributed by atoms with Crippen molar-refractivity contribution in [3.8, 4) is 0 Å². The molecule has 1 heterocycles. The average Bonchev–Trinajstić information content (AvgIpc) is 2.45. The number of hydrogen-bond acceptors (Lipinski definition) is 3. The summed E-state index contributed by atoms with van der Waals surface area (Å²) in [5, 5.41) is 2.97. The molecule has 0 saturated carbocycles. The van der Waals surface area contributed by atoms with Gasteiger partial charge < -0.3 is 10.1 Å². The van der Waals surface area contributed by atoms with E-state index in [0.29, 0.717) is 19.4 Å². The zero-order valence-electron chi connectivity index (χ0n) is 11.0. The first kappa shape index (κ1) is 14.8. The van der Waals surface area contributed by atoms with Gasteiger partial charge in [-0.3, -0.25) is 4.79 Å². The van der Waals surface area contributed by atoms with Gasteiger partial charge in [0.15, 0.2) is 0 Å². The predicted octanol–water partition coefficient (Wildman–Crippen LogP) is 2.71. The number of esters is 1. The standard InChI is InChI=1S/C14H16F3NO2/c1-20-13(19)12-8-9(6-7-18-12)10-4-2-3-5-11(10)14(15,16)17/h2-5,9,12,18H,6-8H2,1H3/t9-,12+/m1/s1. The summed E-state index contributed by atoms with van der Waals surface area (Å²) in [5.41, 5.74) is -0.356. The van der Waals surface area contributed by atoms with Gasteiger partial charge in [-0.25, -0.2) is 0 Å². The number of benzene rings is 1. The molecular weight excluding hydrogens is 271 g/mol. The molecule has 20 heavy (non-hydrogen) atoms. The zero-order chi connectivity index (χ0) is 14.8. The summed E-state index contributed by atoms with van der Waals surface area (Å²) in [7, 11) is 1.28. The molecule has 0 spiro atoms. The number of hydrogen-bond donors (Lipinski definition) is 1. The van der Waals surface area contributed by atoms with Crippen LogP contribution < -0.4 is 5.32 Å². The van der Waals surface area contributed by atoms with Crippen LogP contribution in [-0.4, -0.2) is 25.7 Å². The summed E-state index contributed by atoms with van der Waals surface area (Å²) in [6, 6.07) is 5.02. The quantitative estimate of drug-likeness (QED) is 0.850. The van der Waals surface area contributed by atoms with Crippen molar-refractivity contribution < 1.29 is 22.7 Å². The lowest BCUT2D eigenvalue weighted by Crippen LogP contribution is -2.43. The molecule has 1 aliphatic heterocycles. The van der Waals surface area contributed by atoms with E-state index >= 15 is 0 Å². The summed E-state index contributed by atoms with van der Waals surface area (Å²) >= 11 is 0. The van der Waals surface area contributed by atoms with Crippen LogP contribution in [0.1, 0.15) is 29.9 Å². The third-order valence-electron chi connectivity index (χ3n) is 3.60. The van der Waals surface area contributed by atoms with Gasteiger partial charge in [-0.1, -0.05) is 18.2 Å². The Morgan fingerprint density at radius 3 is 2.70 bits per heavy atom. The Kier molecular flexibility index (Phi) is 4.32. The topological polar surface area (TPSA) is 38.3 Å². The van der Waals surface area contributed by atoms with E-state index in [4.69, 9.17) is 0 Å². The molecule has 1 saturated heterocycles. The Bertz CT molecular complexity index is 488. The fraction of sp³-hybridized carbons (Fsp3) is 0.500. The lowest BCUT2D eigenvalue weighted by molar-refractivity contribution is -0.143. The maximum Gasteiger partial charge on any atom is 0.416 e. The maximum atomic E-state index is 13.0. The minimum atomic E-state index is -4.37. The van der Waals surface area contributed by atoms with Crippen molar-refractivity contribution in [1.29, 1.82) is 0 Å². The second kappa shape index (κ2) is 5.83. The van der Waals surface area contributed by atoms with Crippen LogP contribution in [0.15, 0.2) is 24.3 Å². The number of nitrogens with one attached hydrogen (secondary N) is 1. The third-order valence-corrected chi connectivity index (χ3v) is 3.60. The van der Waals surface area contributed by atoms with E-state index in [1.165, 1.54) is 19.2 Å². The molecule has 1 N–H and O–H groups in total. The van der Waals surface area contributed by atoms with E-state index in [1.54, 1.807) is 6.07 Å². The van der Waals surface area contributed by atoms with Gasteiger partial charge in [-0.05, 0) is 36.9 Å². The fourth-order valence-corrected chi connectivity index (χ4v) is 2.63. The van der Waals surface area contributed by atoms with Gasteiger partial charge in [0.1, 0.15) is 6.04 Å². The van der Waals surface area contributed by atoms with Crippen molar-refractivity contribution in [3.05, 3.63) is 35.4 Å². The number of piperidine rings is 1. The van der Waals surface area contributed by atoms with Crippen molar-refractivity contribution in [2.24, 2.45) is 0 Å². The first-order valence-electron chi connectivity index (χ1n) is 6.41. The van der Waals surface area contributed by atoms with E-state index < -0.39 is 23.8 Å². The van der Waals surface area contributed by atoms with Crippen molar-refractivity contribution in [1.82, 2.24) is 5.32 Å². The van der Waals surface area contributed by atoms with Crippen LogP contribution in [0.25, 0.3) is 0 Å². The Morgan fingerprint density at radius 1 is 1.35 bits per heavy atom. The molecule has 0 aliphatic carbocycles. The number of methoxy groups -OCH3 is 1. The Morgan fingerprint density at radius 2 is 2.05 bits per heavy atom. The molecule has 0 aromatic heterocycles. The van der Waals surface area contributed by atoms with Gasteiger partial charge in [-0.2, -0.15) is 13.2 Å². The average molecular weight is 287 g/mol. The maximum absolute atomic E-state index is 13.0. The molecule has 2 rings (SSSR count). The number of ether oxygens (including phenoxy) is 1. The van der Waals surface area contributed by atoms with E-state index in [0.717, 1.165) is 6.07 Å². The van der Waals surface area contributed by atoms with Gasteiger partial charge in [0.2, 0.25) is 0 Å². The van der Waals surface area contributed by atoms with Gasteiger partial charge in [-0.15, -0.1) is 0 Å². The third kappa shape index (κ3) is 3.12. The molecule has 0 radical (unpaired) electrons. The van der Waals surface area contributed by atoms with E-state index in [9.17, 15) is 18.0 Å². The second-order valence-corrected chi connectivity index (χ2v) is 4.84. The molecule has 1 aromatic rings. The van der Waals surface area contributed by atoms with Crippen LogP contribution >= 0.6 is 0 Å². The molecule has 6 heteroatoms. The van der Waals surface area contributed by atoms with Gasteiger partial charge >= 0.3 is 12.1 Å². The molecular formula is C14H16F3NO2. The Hall–Kier alpha value is -1.56. The normalized spacial score (nSPS) is 23.4. The largest absolute Gasteiger partial charge is 0.468 e. The molecule has 0 unspecified atom stereocenters. The highest BCUT2D eigenvalue weighted by molar-refractivity contribution is 5.75. The lowest BCUT2D eigenvalue weighted by Gasteiger charge is -2.30. The van der Waals surface area contributed by atoms with Crippen LogP contribution in [0, 0.1) is 0 Å². The minimum absolute atomic E-state index is 0.260. The number of alkyl halides is 3. The summed E-state index contributed by atoms with van der Waals surface area (Å²) in [4.78, 5) is 11.5. The Balaban J connectivity index is 2.26. The molecule has 0 amide bonds. The van der Waals surface area contributed by atoms with Gasteiger partial charge in [0, 0.05) is 0 Å². The van der Waals surface area contributed by atoms with Crippen LogP contribution in [0.4, 0.5) is 13.2 Å². The Labute approximate surface area is 115 Å². The van der Waals surface area contributed by atoms with Crippen LogP contribution in [0.2, 0.25) is 0 Å². The van der Waals surface area contributed by atoms with Crippen molar-refractivity contribution in [2.45, 2.75) is 31.0 Å². The summed E-state index contributed by atoms with van der Waals surface area (Å²) in [6.07, 6.45) is -3.48. The first-order valence-corrected chi connectivity index (χ1v) is 6.41. The summed E-state index contributed by atoms with van der Waals surface area (Å²) < 4.78 is 43.7. The van der Waals surface area contributed by atoms with Crippen LogP contribution in [0.3, 0.4) is 0 Å². The lowest BCUT2D eigenvalue weighted by atomic mass is 9.84. The molecule has 0 bridgehead atoms. The molecule has 3 nitrogen and oxygen atoms in total. The summed E-state index contributed by atoms with van der Waals surface area (Å²) in [5.74, 6) is -0.725. The van der Waals surface area contributed by atoms with E-state index in [1.807, 2.05) is 0 Å². The first-order chi connectivity index (χ1) is 9.43. The van der Waals surface area contributed by atoms with Crippen molar-refractivity contribution in [3.63, 3.8) is 0 Å². The van der Waals surface area contributed by atoms with Crippen LogP contribution in [0.5, 0.6) is 0 Å². The van der Waals surface area contributed by atoms with E-state index in [2.05, 4.69) is 10.1 Å². The predicted molar refractivity (Wildman–Crippen MR) is 67.2 cm³/mol. The van der Waals surface area contributed by atoms with Crippen molar-refractivity contribution >= 4 is 5.97 Å². The number of rotatable bonds is 2. The highest BCUT2D eigenvalue weighted by Gasteiger charge is 2.37. The van der Waals surface area contributed by atoms with Gasteiger partial charge in [0.05, 0.1) is 12.7 Å².